The second-order valence-corrected chi connectivity index (χ2v) is 7.07. The first kappa shape index (κ1) is 22.4. The largest absolute Gasteiger partial charge is 0.493 e. The summed E-state index contributed by atoms with van der Waals surface area (Å²) in [5, 5.41) is 4.59. The molecule has 3 rings (SSSR count). The summed E-state index contributed by atoms with van der Waals surface area (Å²) in [4.78, 5) is 25.5. The Balaban J connectivity index is 2.36. The highest BCUT2D eigenvalue weighted by molar-refractivity contribution is 9.10. The van der Waals surface area contributed by atoms with Crippen LogP contribution in [0.4, 0.5) is 0 Å². The highest BCUT2D eigenvalue weighted by atomic mass is 79.9. The standard InChI is InChI=1S/C22H21BrN2O6/c1-5-31-17-12-15(23)14(11-16(17)28-2)19-18(21(26)29-3)20(22(27)30-4)25(24-19)13-9-7-6-8-10-13/h6-12H,5H2,1-4H3. The Kier molecular flexibility index (Phi) is 6.96. The molecule has 0 spiro atoms. The Bertz CT molecular complexity index is 1110. The van der Waals surface area contributed by atoms with Crippen molar-refractivity contribution in [2.75, 3.05) is 27.9 Å². The van der Waals surface area contributed by atoms with E-state index in [0.717, 1.165) is 0 Å². The van der Waals surface area contributed by atoms with E-state index in [-0.39, 0.29) is 17.0 Å². The van der Waals surface area contributed by atoms with Crippen LogP contribution in [0.5, 0.6) is 11.5 Å². The van der Waals surface area contributed by atoms with Crippen LogP contribution in [0.1, 0.15) is 27.8 Å². The zero-order valence-corrected chi connectivity index (χ0v) is 19.1. The van der Waals surface area contributed by atoms with Crippen molar-refractivity contribution >= 4 is 27.9 Å². The van der Waals surface area contributed by atoms with E-state index in [4.69, 9.17) is 18.9 Å². The highest BCUT2D eigenvalue weighted by Gasteiger charge is 2.32. The lowest BCUT2D eigenvalue weighted by Gasteiger charge is -2.12. The molecular weight excluding hydrogens is 468 g/mol. The van der Waals surface area contributed by atoms with Crippen molar-refractivity contribution in [2.45, 2.75) is 6.92 Å². The van der Waals surface area contributed by atoms with Crippen LogP contribution < -0.4 is 9.47 Å². The summed E-state index contributed by atoms with van der Waals surface area (Å²) >= 11 is 3.51. The Morgan fingerprint density at radius 3 is 2.26 bits per heavy atom. The normalized spacial score (nSPS) is 10.5. The van der Waals surface area contributed by atoms with Gasteiger partial charge in [0, 0.05) is 10.0 Å². The second-order valence-electron chi connectivity index (χ2n) is 6.22. The van der Waals surface area contributed by atoms with Crippen molar-refractivity contribution in [3.8, 4) is 28.4 Å². The third-order valence-corrected chi connectivity index (χ3v) is 5.12. The van der Waals surface area contributed by atoms with Crippen LogP contribution in [0.25, 0.3) is 16.9 Å². The van der Waals surface area contributed by atoms with Crippen LogP contribution in [0, 0.1) is 0 Å². The van der Waals surface area contributed by atoms with Crippen LogP contribution in [0.2, 0.25) is 0 Å². The number of rotatable bonds is 7. The van der Waals surface area contributed by atoms with Crippen LogP contribution >= 0.6 is 15.9 Å². The van der Waals surface area contributed by atoms with Gasteiger partial charge in [-0.15, -0.1) is 0 Å². The molecule has 3 aromatic rings. The third kappa shape index (κ3) is 4.27. The van der Waals surface area contributed by atoms with Gasteiger partial charge < -0.3 is 18.9 Å². The van der Waals surface area contributed by atoms with Crippen LogP contribution in [-0.4, -0.2) is 49.7 Å². The fourth-order valence-corrected chi connectivity index (χ4v) is 3.60. The molecular formula is C22H21BrN2O6. The van der Waals surface area contributed by atoms with E-state index < -0.39 is 11.9 Å². The first-order valence-corrected chi connectivity index (χ1v) is 10.1. The fraction of sp³-hybridized carbons (Fsp3) is 0.227. The summed E-state index contributed by atoms with van der Waals surface area (Å²) in [7, 11) is 3.99. The van der Waals surface area contributed by atoms with Crippen molar-refractivity contribution in [2.24, 2.45) is 0 Å². The average molecular weight is 489 g/mol. The molecule has 0 fully saturated rings. The predicted molar refractivity (Wildman–Crippen MR) is 117 cm³/mol. The third-order valence-electron chi connectivity index (χ3n) is 4.46. The van der Waals surface area contributed by atoms with Gasteiger partial charge in [-0.05, 0) is 47.1 Å². The predicted octanol–water partition coefficient (Wildman–Crippen LogP) is 4.28. The van der Waals surface area contributed by atoms with Gasteiger partial charge in [-0.2, -0.15) is 5.10 Å². The number of hydrogen-bond acceptors (Lipinski definition) is 7. The average Bonchev–Trinajstić information content (AvgIpc) is 3.19. The van der Waals surface area contributed by atoms with E-state index in [9.17, 15) is 9.59 Å². The maximum atomic E-state index is 12.8. The number of benzene rings is 2. The summed E-state index contributed by atoms with van der Waals surface area (Å²) in [6.07, 6.45) is 0. The van der Waals surface area contributed by atoms with Crippen LogP contribution in [0.15, 0.2) is 46.9 Å². The number of nitrogens with zero attached hydrogens (tertiary/aromatic N) is 2. The Morgan fingerprint density at radius 2 is 1.68 bits per heavy atom. The molecule has 0 bridgehead atoms. The topological polar surface area (TPSA) is 88.9 Å². The quantitative estimate of drug-likeness (QED) is 0.458. The lowest BCUT2D eigenvalue weighted by atomic mass is 10.0. The molecule has 0 N–H and O–H groups in total. The smallest absolute Gasteiger partial charge is 0.357 e. The maximum absolute atomic E-state index is 12.8. The second kappa shape index (κ2) is 9.65. The minimum Gasteiger partial charge on any atom is -0.493 e. The van der Waals surface area contributed by atoms with Crippen molar-refractivity contribution in [1.29, 1.82) is 0 Å². The first-order valence-electron chi connectivity index (χ1n) is 9.32. The summed E-state index contributed by atoms with van der Waals surface area (Å²) < 4.78 is 22.9. The van der Waals surface area contributed by atoms with Crippen molar-refractivity contribution in [1.82, 2.24) is 9.78 Å². The highest BCUT2D eigenvalue weighted by Crippen LogP contribution is 2.40. The van der Waals surface area contributed by atoms with Crippen LogP contribution in [0.3, 0.4) is 0 Å². The number of carbonyl (C=O) groups is 2. The fourth-order valence-electron chi connectivity index (χ4n) is 3.09. The summed E-state index contributed by atoms with van der Waals surface area (Å²) in [6, 6.07) is 12.4. The minimum absolute atomic E-state index is 0.0230. The molecule has 0 aliphatic carbocycles. The van der Waals surface area contributed by atoms with Gasteiger partial charge in [0.15, 0.2) is 17.2 Å². The number of esters is 2. The molecule has 162 valence electrons. The summed E-state index contributed by atoms with van der Waals surface area (Å²) in [5.41, 5.74) is 1.25. The molecule has 1 heterocycles. The number of aromatic nitrogens is 2. The van der Waals surface area contributed by atoms with E-state index in [0.29, 0.717) is 33.8 Å². The van der Waals surface area contributed by atoms with Crippen molar-refractivity contribution in [3.05, 3.63) is 58.2 Å². The molecule has 0 aliphatic heterocycles. The Morgan fingerprint density at radius 1 is 1.00 bits per heavy atom. The van der Waals surface area contributed by atoms with Crippen molar-refractivity contribution in [3.63, 3.8) is 0 Å². The molecule has 0 amide bonds. The van der Waals surface area contributed by atoms with Gasteiger partial charge in [-0.25, -0.2) is 14.3 Å². The van der Waals surface area contributed by atoms with E-state index in [1.165, 1.54) is 26.0 Å². The number of halogens is 1. The Hall–Kier alpha value is -3.33. The van der Waals surface area contributed by atoms with Gasteiger partial charge in [0.05, 0.1) is 33.6 Å². The number of para-hydroxylation sites is 1. The van der Waals surface area contributed by atoms with Gasteiger partial charge >= 0.3 is 11.9 Å². The van der Waals surface area contributed by atoms with E-state index in [1.54, 1.807) is 36.4 Å². The number of methoxy groups -OCH3 is 3. The SMILES string of the molecule is CCOc1cc(Br)c(-c2nn(-c3ccccc3)c(C(=O)OC)c2C(=O)OC)cc1OC. The number of hydrogen-bond donors (Lipinski definition) is 0. The lowest BCUT2D eigenvalue weighted by Crippen LogP contribution is -2.15. The lowest BCUT2D eigenvalue weighted by molar-refractivity contribution is 0.0549. The summed E-state index contributed by atoms with van der Waals surface area (Å²) in [6.45, 7) is 2.31. The molecule has 0 aliphatic rings. The van der Waals surface area contributed by atoms with E-state index in [1.807, 2.05) is 13.0 Å². The van der Waals surface area contributed by atoms with Crippen molar-refractivity contribution < 1.29 is 28.5 Å². The van der Waals surface area contributed by atoms with Gasteiger partial charge in [0.2, 0.25) is 0 Å². The maximum Gasteiger partial charge on any atom is 0.357 e. The molecule has 0 radical (unpaired) electrons. The number of carbonyl (C=O) groups excluding carboxylic acids is 2. The molecule has 8 nitrogen and oxygen atoms in total. The van der Waals surface area contributed by atoms with Gasteiger partial charge in [-0.1, -0.05) is 18.2 Å². The van der Waals surface area contributed by atoms with Gasteiger partial charge in [-0.3, -0.25) is 0 Å². The molecule has 1 aromatic heterocycles. The van der Waals surface area contributed by atoms with Crippen LogP contribution in [-0.2, 0) is 9.47 Å². The van der Waals surface area contributed by atoms with Gasteiger partial charge in [0.25, 0.3) is 0 Å². The number of ether oxygens (including phenoxy) is 4. The minimum atomic E-state index is -0.725. The molecule has 31 heavy (non-hydrogen) atoms. The molecule has 9 heteroatoms. The first-order chi connectivity index (χ1) is 15.0. The van der Waals surface area contributed by atoms with E-state index >= 15 is 0 Å². The molecule has 2 aromatic carbocycles. The van der Waals surface area contributed by atoms with E-state index in [2.05, 4.69) is 21.0 Å². The molecule has 0 saturated carbocycles. The monoisotopic (exact) mass is 488 g/mol. The molecule has 0 saturated heterocycles. The molecule has 0 atom stereocenters. The zero-order valence-electron chi connectivity index (χ0n) is 17.5. The Labute approximate surface area is 187 Å². The zero-order chi connectivity index (χ0) is 22.5. The van der Waals surface area contributed by atoms with Gasteiger partial charge in [0.1, 0.15) is 11.3 Å². The summed E-state index contributed by atoms with van der Waals surface area (Å²) in [5.74, 6) is -0.477. The molecule has 0 unspecified atom stereocenters.